The van der Waals surface area contributed by atoms with Gasteiger partial charge >= 0.3 is 5.69 Å². The number of fused-ring (bicyclic) bond motifs is 1. The van der Waals surface area contributed by atoms with Crippen LogP contribution in [0, 0.1) is 5.82 Å². The van der Waals surface area contributed by atoms with E-state index in [1.807, 2.05) is 0 Å². The lowest BCUT2D eigenvalue weighted by atomic mass is 10.2. The largest absolute Gasteiger partial charge is 0.341 e. The predicted molar refractivity (Wildman–Crippen MR) is 99.5 cm³/mol. The highest BCUT2D eigenvalue weighted by Crippen LogP contribution is 2.13. The molecular weight excluding hydrogens is 371 g/mol. The number of aromatic nitrogens is 3. The zero-order chi connectivity index (χ0) is 19.0. The second-order valence-electron chi connectivity index (χ2n) is 6.49. The van der Waals surface area contributed by atoms with Crippen molar-refractivity contribution in [3.8, 4) is 0 Å². The maximum atomic E-state index is 14.0. The van der Waals surface area contributed by atoms with Crippen LogP contribution in [0.25, 0.3) is 11.0 Å². The van der Waals surface area contributed by atoms with Crippen molar-refractivity contribution in [1.82, 2.24) is 18.4 Å². The average Bonchev–Trinajstić information content (AvgIpc) is 3.35. The first-order valence-corrected chi connectivity index (χ1v) is 9.49. The Morgan fingerprint density at radius 1 is 1.15 bits per heavy atom. The predicted octanol–water partition coefficient (Wildman–Crippen LogP) is 1.43. The van der Waals surface area contributed by atoms with E-state index in [1.54, 1.807) is 16.3 Å². The summed E-state index contributed by atoms with van der Waals surface area (Å²) in [5.41, 5.74) is -0.533. The van der Waals surface area contributed by atoms with Crippen molar-refractivity contribution >= 4 is 28.5 Å². The smallest absolute Gasteiger partial charge is 0.332 e. The quantitative estimate of drug-likeness (QED) is 0.678. The van der Waals surface area contributed by atoms with Crippen molar-refractivity contribution in [2.24, 2.45) is 0 Å². The van der Waals surface area contributed by atoms with E-state index < -0.39 is 17.1 Å². The average molecular weight is 388 g/mol. The van der Waals surface area contributed by atoms with E-state index in [9.17, 15) is 18.8 Å². The van der Waals surface area contributed by atoms with Crippen LogP contribution in [0.4, 0.5) is 4.39 Å². The van der Waals surface area contributed by atoms with Gasteiger partial charge in [0.2, 0.25) is 5.91 Å². The molecule has 3 heterocycles. The molecule has 0 bridgehead atoms. The lowest BCUT2D eigenvalue weighted by Crippen LogP contribution is -2.43. The molecule has 0 unspecified atom stereocenters. The molecule has 1 aliphatic heterocycles. The van der Waals surface area contributed by atoms with E-state index in [4.69, 9.17) is 0 Å². The summed E-state index contributed by atoms with van der Waals surface area (Å²) in [6.45, 7) is 0.974. The summed E-state index contributed by atoms with van der Waals surface area (Å²) in [5, 5.41) is 1.59. The Bertz CT molecular complexity index is 1130. The maximum absolute atomic E-state index is 14.0. The summed E-state index contributed by atoms with van der Waals surface area (Å²) in [6.07, 6.45) is 1.89. The van der Waals surface area contributed by atoms with Gasteiger partial charge in [0.1, 0.15) is 12.4 Å². The molecule has 0 atom stereocenters. The first kappa shape index (κ1) is 17.6. The van der Waals surface area contributed by atoms with Crippen LogP contribution in [0.3, 0.4) is 0 Å². The fourth-order valence-corrected chi connectivity index (χ4v) is 3.99. The van der Waals surface area contributed by atoms with E-state index >= 15 is 0 Å². The summed E-state index contributed by atoms with van der Waals surface area (Å²) in [5.74, 6) is -0.667. The molecule has 0 N–H and O–H groups in total. The number of hydrogen-bond acceptors (Lipinski definition) is 5. The SMILES string of the molecule is O=C(Cn1c(=O)n(Cc2ccccc2F)c(=O)c2nscc21)N1CCCC1. The van der Waals surface area contributed by atoms with E-state index in [0.29, 0.717) is 18.6 Å². The molecule has 0 spiro atoms. The number of carbonyl (C=O) groups excluding carboxylic acids is 1. The van der Waals surface area contributed by atoms with Gasteiger partial charge in [-0.1, -0.05) is 18.2 Å². The molecule has 140 valence electrons. The number of carbonyl (C=O) groups is 1. The number of likely N-dealkylation sites (tertiary alicyclic amines) is 1. The van der Waals surface area contributed by atoms with Crippen molar-refractivity contribution in [1.29, 1.82) is 0 Å². The van der Waals surface area contributed by atoms with Crippen LogP contribution in [0.1, 0.15) is 18.4 Å². The van der Waals surface area contributed by atoms with Gasteiger partial charge in [0.15, 0.2) is 5.52 Å². The van der Waals surface area contributed by atoms with Gasteiger partial charge in [-0.3, -0.25) is 18.7 Å². The minimum atomic E-state index is -0.636. The molecule has 9 heteroatoms. The third-order valence-corrected chi connectivity index (χ3v) is 5.41. The minimum absolute atomic E-state index is 0.116. The first-order valence-electron chi connectivity index (χ1n) is 8.65. The number of nitrogens with zero attached hydrogens (tertiary/aromatic N) is 4. The van der Waals surface area contributed by atoms with Gasteiger partial charge < -0.3 is 4.90 Å². The van der Waals surface area contributed by atoms with Gasteiger partial charge in [-0.2, -0.15) is 4.37 Å². The molecule has 27 heavy (non-hydrogen) atoms. The van der Waals surface area contributed by atoms with Gasteiger partial charge in [-0.15, -0.1) is 0 Å². The van der Waals surface area contributed by atoms with Gasteiger partial charge in [0, 0.05) is 24.0 Å². The molecular formula is C18H17FN4O3S. The number of benzene rings is 1. The van der Waals surface area contributed by atoms with Crippen LogP contribution in [-0.2, 0) is 17.9 Å². The fraction of sp³-hybridized carbons (Fsp3) is 0.333. The molecule has 1 aliphatic rings. The Balaban J connectivity index is 1.80. The highest BCUT2D eigenvalue weighted by molar-refractivity contribution is 7.04. The summed E-state index contributed by atoms with van der Waals surface area (Å²) < 4.78 is 20.3. The monoisotopic (exact) mass is 388 g/mol. The molecule has 1 saturated heterocycles. The minimum Gasteiger partial charge on any atom is -0.341 e. The second kappa shape index (κ2) is 7.07. The molecule has 0 saturated carbocycles. The molecule has 1 aromatic carbocycles. The topological polar surface area (TPSA) is 77.2 Å². The van der Waals surface area contributed by atoms with Gasteiger partial charge in [0.05, 0.1) is 12.1 Å². The molecule has 3 aromatic rings. The van der Waals surface area contributed by atoms with Crippen LogP contribution in [0.2, 0.25) is 0 Å². The number of hydrogen-bond donors (Lipinski definition) is 0. The van der Waals surface area contributed by atoms with E-state index in [-0.39, 0.29) is 30.1 Å². The van der Waals surface area contributed by atoms with Crippen molar-refractivity contribution in [2.45, 2.75) is 25.9 Å². The number of amides is 1. The Morgan fingerprint density at radius 2 is 1.89 bits per heavy atom. The summed E-state index contributed by atoms with van der Waals surface area (Å²) in [6, 6.07) is 5.97. The van der Waals surface area contributed by atoms with Crippen LogP contribution in [0.5, 0.6) is 0 Å². The molecule has 7 nitrogen and oxygen atoms in total. The van der Waals surface area contributed by atoms with Crippen molar-refractivity contribution in [3.63, 3.8) is 0 Å². The Labute approximate surface area is 157 Å². The summed E-state index contributed by atoms with van der Waals surface area (Å²) >= 11 is 1.05. The van der Waals surface area contributed by atoms with Crippen LogP contribution >= 0.6 is 11.5 Å². The van der Waals surface area contributed by atoms with E-state index in [0.717, 1.165) is 28.9 Å². The van der Waals surface area contributed by atoms with Gasteiger partial charge in [0.25, 0.3) is 5.56 Å². The molecule has 0 radical (unpaired) electrons. The Morgan fingerprint density at radius 3 is 2.63 bits per heavy atom. The maximum Gasteiger partial charge on any atom is 0.332 e. The standard InChI is InChI=1S/C18H17FN4O3S/c19-13-6-2-1-5-12(13)9-23-17(25)16-14(11-27-20-16)22(18(23)26)10-15(24)21-7-3-4-8-21/h1-2,5-6,11H,3-4,7-10H2. The fourth-order valence-electron chi connectivity index (χ4n) is 3.33. The molecule has 4 rings (SSSR count). The van der Waals surface area contributed by atoms with E-state index in [1.165, 1.54) is 22.8 Å². The lowest BCUT2D eigenvalue weighted by molar-refractivity contribution is -0.130. The van der Waals surface area contributed by atoms with Crippen LogP contribution in [-0.4, -0.2) is 37.4 Å². The van der Waals surface area contributed by atoms with E-state index in [2.05, 4.69) is 4.37 Å². The first-order chi connectivity index (χ1) is 13.1. The van der Waals surface area contributed by atoms with Gasteiger partial charge in [-0.05, 0) is 30.4 Å². The summed E-state index contributed by atoms with van der Waals surface area (Å²) in [4.78, 5) is 39.9. The number of halogens is 1. The lowest BCUT2D eigenvalue weighted by Gasteiger charge is -2.17. The van der Waals surface area contributed by atoms with Crippen molar-refractivity contribution < 1.29 is 9.18 Å². The van der Waals surface area contributed by atoms with Crippen LogP contribution < -0.4 is 11.2 Å². The zero-order valence-electron chi connectivity index (χ0n) is 14.4. The van der Waals surface area contributed by atoms with Gasteiger partial charge in [-0.25, -0.2) is 9.18 Å². The second-order valence-corrected chi connectivity index (χ2v) is 7.12. The Hall–Kier alpha value is -2.81. The van der Waals surface area contributed by atoms with Crippen LogP contribution in [0.15, 0.2) is 39.2 Å². The highest BCUT2D eigenvalue weighted by Gasteiger charge is 2.22. The molecule has 0 aliphatic carbocycles. The van der Waals surface area contributed by atoms with Crippen molar-refractivity contribution in [2.75, 3.05) is 13.1 Å². The molecule has 1 amide bonds. The molecule has 2 aromatic heterocycles. The normalized spacial score (nSPS) is 14.2. The third kappa shape index (κ3) is 3.18. The third-order valence-electron chi connectivity index (χ3n) is 4.79. The number of rotatable bonds is 4. The highest BCUT2D eigenvalue weighted by atomic mass is 32.1. The summed E-state index contributed by atoms with van der Waals surface area (Å²) in [7, 11) is 0. The van der Waals surface area contributed by atoms with Crippen molar-refractivity contribution in [3.05, 3.63) is 61.9 Å². The molecule has 1 fully saturated rings. The Kier molecular flexibility index (Phi) is 4.61. The zero-order valence-corrected chi connectivity index (χ0v) is 15.2.